The van der Waals surface area contributed by atoms with Crippen LogP contribution in [0.1, 0.15) is 32.6 Å². The molecule has 2 rings (SSSR count). The van der Waals surface area contributed by atoms with Gasteiger partial charge in [0.05, 0.1) is 0 Å². The van der Waals surface area contributed by atoms with Gasteiger partial charge < -0.3 is 0 Å². The van der Waals surface area contributed by atoms with Gasteiger partial charge >= 0.3 is 0 Å². The highest BCUT2D eigenvalue weighted by atomic mass is 79.9. The Kier molecular flexibility index (Phi) is 4.86. The maximum atomic E-state index is 3.85. The molecule has 2 heteroatoms. The molecule has 0 radical (unpaired) electrons. The van der Waals surface area contributed by atoms with Gasteiger partial charge in [-0.15, -0.1) is 0 Å². The lowest BCUT2D eigenvalue weighted by Gasteiger charge is -2.16. The van der Waals surface area contributed by atoms with Crippen molar-refractivity contribution < 1.29 is 0 Å². The molecule has 1 unspecified atom stereocenters. The van der Waals surface area contributed by atoms with E-state index in [-0.39, 0.29) is 0 Å². The number of hydrogen-bond donors (Lipinski definition) is 0. The monoisotopic (exact) mass is 380 g/mol. The van der Waals surface area contributed by atoms with E-state index in [1.54, 1.807) is 0 Å². The van der Waals surface area contributed by atoms with E-state index in [1.165, 1.54) is 32.3 Å². The molecule has 0 aromatic heterocycles. The molecule has 0 amide bonds. The second-order valence-corrected chi connectivity index (χ2v) is 7.02. The van der Waals surface area contributed by atoms with E-state index in [2.05, 4.69) is 89.0 Å². The zero-order valence-electron chi connectivity index (χ0n) is 11.5. The zero-order chi connectivity index (χ0) is 14.0. The second kappa shape index (κ2) is 6.23. The van der Waals surface area contributed by atoms with Crippen molar-refractivity contribution in [3.63, 3.8) is 0 Å². The minimum absolute atomic E-state index is 0.352. The molecule has 1 atom stereocenters. The normalized spacial score (nSPS) is 12.5. The van der Waals surface area contributed by atoms with Crippen LogP contribution in [0.25, 0.3) is 0 Å². The van der Waals surface area contributed by atoms with Crippen molar-refractivity contribution >= 4 is 31.9 Å². The maximum Gasteiger partial charge on any atom is 0.0438 e. The number of benzene rings is 2. The van der Waals surface area contributed by atoms with Crippen molar-refractivity contribution in [2.24, 2.45) is 0 Å². The topological polar surface area (TPSA) is 0 Å². The Bertz CT molecular complexity index is 588. The molecule has 0 N–H and O–H groups in total. The summed E-state index contributed by atoms with van der Waals surface area (Å²) in [5.74, 6) is 0. The minimum Gasteiger partial charge on any atom is -0.0835 e. The van der Waals surface area contributed by atoms with Crippen molar-refractivity contribution in [2.75, 3.05) is 0 Å². The molecule has 0 aliphatic heterocycles. The molecule has 0 nitrogen and oxygen atoms in total. The average molecular weight is 382 g/mol. The summed E-state index contributed by atoms with van der Waals surface area (Å²) in [7, 11) is 0. The maximum absolute atomic E-state index is 3.85. The molecule has 19 heavy (non-hydrogen) atoms. The first kappa shape index (κ1) is 14.8. The first-order valence-electron chi connectivity index (χ1n) is 6.44. The zero-order valence-corrected chi connectivity index (χ0v) is 14.7. The van der Waals surface area contributed by atoms with Crippen molar-refractivity contribution in [3.05, 3.63) is 68.7 Å². The van der Waals surface area contributed by atoms with E-state index in [4.69, 9.17) is 0 Å². The lowest BCUT2D eigenvalue weighted by molar-refractivity contribution is 0.925. The quantitative estimate of drug-likeness (QED) is 0.567. The molecular formula is C17H18Br2. The molecule has 0 spiro atoms. The third kappa shape index (κ3) is 3.49. The van der Waals surface area contributed by atoms with Crippen LogP contribution in [0.4, 0.5) is 0 Å². The van der Waals surface area contributed by atoms with Gasteiger partial charge in [0.2, 0.25) is 0 Å². The Hall–Kier alpha value is -0.600. The summed E-state index contributed by atoms with van der Waals surface area (Å²) in [5, 5.41) is 0. The van der Waals surface area contributed by atoms with Crippen molar-refractivity contribution in [2.45, 2.75) is 32.0 Å². The van der Waals surface area contributed by atoms with Crippen LogP contribution in [-0.2, 0) is 6.42 Å². The predicted molar refractivity (Wildman–Crippen MR) is 90.2 cm³/mol. The summed E-state index contributed by atoms with van der Waals surface area (Å²) >= 11 is 7.45. The first-order chi connectivity index (χ1) is 8.99. The van der Waals surface area contributed by atoms with E-state index in [0.717, 1.165) is 6.42 Å². The Morgan fingerprint density at radius 2 is 1.79 bits per heavy atom. The highest BCUT2D eigenvalue weighted by Gasteiger charge is 2.13. The molecule has 0 fully saturated rings. The largest absolute Gasteiger partial charge is 0.0835 e. The van der Waals surface area contributed by atoms with Gasteiger partial charge in [-0.05, 0) is 55.5 Å². The molecule has 0 bridgehead atoms. The van der Waals surface area contributed by atoms with Gasteiger partial charge in [-0.1, -0.05) is 67.8 Å². The molecule has 0 heterocycles. The average Bonchev–Trinajstić information content (AvgIpc) is 2.37. The summed E-state index contributed by atoms with van der Waals surface area (Å²) in [5.41, 5.74) is 6.78. The SMILES string of the molecule is Cc1ccc(C)c(CC(Br)c2cccc(Br)c2C)c1. The van der Waals surface area contributed by atoms with Crippen LogP contribution in [0.3, 0.4) is 0 Å². The predicted octanol–water partition coefficient (Wildman–Crippen LogP) is 6.05. The van der Waals surface area contributed by atoms with Gasteiger partial charge in [0.15, 0.2) is 0 Å². The summed E-state index contributed by atoms with van der Waals surface area (Å²) in [6, 6.07) is 13.1. The van der Waals surface area contributed by atoms with Crippen molar-refractivity contribution in [3.8, 4) is 0 Å². The van der Waals surface area contributed by atoms with Crippen LogP contribution in [0.5, 0.6) is 0 Å². The molecule has 2 aromatic carbocycles. The molecule has 0 saturated carbocycles. The fourth-order valence-electron chi connectivity index (χ4n) is 2.29. The first-order valence-corrected chi connectivity index (χ1v) is 8.15. The highest BCUT2D eigenvalue weighted by Crippen LogP contribution is 2.33. The summed E-state index contributed by atoms with van der Waals surface area (Å²) in [4.78, 5) is 0.352. The van der Waals surface area contributed by atoms with Crippen LogP contribution in [0, 0.1) is 20.8 Å². The lowest BCUT2D eigenvalue weighted by Crippen LogP contribution is -2.00. The summed E-state index contributed by atoms with van der Waals surface area (Å²) < 4.78 is 1.18. The fraction of sp³-hybridized carbons (Fsp3) is 0.294. The fourth-order valence-corrected chi connectivity index (χ4v) is 3.51. The minimum atomic E-state index is 0.352. The van der Waals surface area contributed by atoms with E-state index in [9.17, 15) is 0 Å². The lowest BCUT2D eigenvalue weighted by atomic mass is 9.97. The third-order valence-electron chi connectivity index (χ3n) is 3.55. The smallest absolute Gasteiger partial charge is 0.0438 e. The number of hydrogen-bond acceptors (Lipinski definition) is 0. The van der Waals surface area contributed by atoms with E-state index < -0.39 is 0 Å². The van der Waals surface area contributed by atoms with E-state index in [0.29, 0.717) is 4.83 Å². The number of aryl methyl sites for hydroxylation is 2. The van der Waals surface area contributed by atoms with Gasteiger partial charge in [-0.2, -0.15) is 0 Å². The van der Waals surface area contributed by atoms with Gasteiger partial charge in [0.1, 0.15) is 0 Å². The van der Waals surface area contributed by atoms with E-state index >= 15 is 0 Å². The Labute approximate surface area is 132 Å². The van der Waals surface area contributed by atoms with Crippen LogP contribution in [0.15, 0.2) is 40.9 Å². The van der Waals surface area contributed by atoms with Gasteiger partial charge in [0.25, 0.3) is 0 Å². The van der Waals surface area contributed by atoms with Gasteiger partial charge in [-0.3, -0.25) is 0 Å². The molecule has 0 aliphatic rings. The summed E-state index contributed by atoms with van der Waals surface area (Å²) in [6.45, 7) is 6.50. The second-order valence-electron chi connectivity index (χ2n) is 5.06. The van der Waals surface area contributed by atoms with Crippen LogP contribution in [-0.4, -0.2) is 0 Å². The Balaban J connectivity index is 2.28. The van der Waals surface area contributed by atoms with Gasteiger partial charge in [0, 0.05) is 9.30 Å². The molecule has 0 aliphatic carbocycles. The Morgan fingerprint density at radius 3 is 2.53 bits per heavy atom. The van der Waals surface area contributed by atoms with Crippen LogP contribution in [0.2, 0.25) is 0 Å². The standard InChI is InChI=1S/C17H18Br2/c1-11-7-8-12(2)14(9-11)10-17(19)15-5-4-6-16(18)13(15)3/h4-9,17H,10H2,1-3H3. The van der Waals surface area contributed by atoms with Crippen molar-refractivity contribution in [1.29, 1.82) is 0 Å². The number of rotatable bonds is 3. The van der Waals surface area contributed by atoms with Crippen LogP contribution >= 0.6 is 31.9 Å². The molecular weight excluding hydrogens is 364 g/mol. The Morgan fingerprint density at radius 1 is 1.05 bits per heavy atom. The summed E-state index contributed by atoms with van der Waals surface area (Å²) in [6.07, 6.45) is 1.02. The highest BCUT2D eigenvalue weighted by molar-refractivity contribution is 9.10. The van der Waals surface area contributed by atoms with Gasteiger partial charge in [-0.25, -0.2) is 0 Å². The number of alkyl halides is 1. The molecule has 0 saturated heterocycles. The van der Waals surface area contributed by atoms with Crippen LogP contribution < -0.4 is 0 Å². The number of halogens is 2. The van der Waals surface area contributed by atoms with E-state index in [1.807, 2.05) is 0 Å². The third-order valence-corrected chi connectivity index (χ3v) is 5.23. The van der Waals surface area contributed by atoms with Crippen molar-refractivity contribution in [1.82, 2.24) is 0 Å². The molecule has 100 valence electrons. The molecule has 2 aromatic rings.